The molecule has 9 nitrogen and oxygen atoms in total. The van der Waals surface area contributed by atoms with E-state index in [-0.39, 0.29) is 23.4 Å². The number of para-hydroxylation sites is 2. The summed E-state index contributed by atoms with van der Waals surface area (Å²) in [5.41, 5.74) is 4.91. The Morgan fingerprint density at radius 1 is 0.822 bits per heavy atom. The predicted octanol–water partition coefficient (Wildman–Crippen LogP) is 7.62. The van der Waals surface area contributed by atoms with Crippen LogP contribution < -0.4 is 21.3 Å². The lowest BCUT2D eigenvalue weighted by atomic mass is 9.83. The van der Waals surface area contributed by atoms with E-state index in [1.165, 1.54) is 11.1 Å². The minimum Gasteiger partial charge on any atom is -0.444 e. The third-order valence-corrected chi connectivity index (χ3v) is 7.55. The van der Waals surface area contributed by atoms with Crippen LogP contribution in [0.1, 0.15) is 80.6 Å². The van der Waals surface area contributed by atoms with Gasteiger partial charge in [0.2, 0.25) is 0 Å². The second kappa shape index (κ2) is 14.2. The van der Waals surface area contributed by atoms with E-state index in [4.69, 9.17) is 4.74 Å². The summed E-state index contributed by atoms with van der Waals surface area (Å²) in [6.45, 7) is 10.6. The number of benzene rings is 3. The monoisotopic (exact) mass is 613 g/mol. The van der Waals surface area contributed by atoms with Crippen molar-refractivity contribution in [2.24, 2.45) is 5.41 Å². The van der Waals surface area contributed by atoms with Crippen molar-refractivity contribution in [1.29, 1.82) is 0 Å². The maximum Gasteiger partial charge on any atom is 0.412 e. The largest absolute Gasteiger partial charge is 0.444 e. The van der Waals surface area contributed by atoms with Gasteiger partial charge >= 0.3 is 12.1 Å². The molecular formula is C36H47N5O4. The molecule has 0 bridgehead atoms. The number of anilines is 3. The van der Waals surface area contributed by atoms with Gasteiger partial charge in [0.15, 0.2) is 0 Å². The molecule has 9 heteroatoms. The number of nitrogens with one attached hydrogen (secondary N) is 4. The molecule has 0 aliphatic heterocycles. The molecule has 0 saturated carbocycles. The molecule has 4 N–H and O–H groups in total. The van der Waals surface area contributed by atoms with Gasteiger partial charge < -0.3 is 25.6 Å². The Hall–Kier alpha value is -4.37. The molecule has 4 amide bonds. The first kappa shape index (κ1) is 33.5. The van der Waals surface area contributed by atoms with Gasteiger partial charge in [0.05, 0.1) is 17.4 Å². The maximum absolute atomic E-state index is 13.2. The molecule has 45 heavy (non-hydrogen) atoms. The molecule has 1 aliphatic carbocycles. The van der Waals surface area contributed by atoms with Crippen molar-refractivity contribution in [3.05, 3.63) is 89.0 Å². The quantitative estimate of drug-likeness (QED) is 0.188. The number of carbonyl (C=O) groups excluding carboxylic acids is 3. The topological polar surface area (TPSA) is 112 Å². The summed E-state index contributed by atoms with van der Waals surface area (Å²) in [6, 6.07) is 19.8. The van der Waals surface area contributed by atoms with Crippen LogP contribution in [0.15, 0.2) is 66.7 Å². The highest BCUT2D eigenvalue weighted by molar-refractivity contribution is 6.07. The Labute approximate surface area is 267 Å². The van der Waals surface area contributed by atoms with Crippen molar-refractivity contribution in [2.45, 2.75) is 71.9 Å². The van der Waals surface area contributed by atoms with Crippen molar-refractivity contribution in [1.82, 2.24) is 10.2 Å². The molecule has 0 heterocycles. The van der Waals surface area contributed by atoms with Gasteiger partial charge in [-0.2, -0.15) is 0 Å². The summed E-state index contributed by atoms with van der Waals surface area (Å²) in [4.78, 5) is 40.9. The molecule has 0 fully saturated rings. The lowest BCUT2D eigenvalue weighted by Crippen LogP contribution is -2.37. The van der Waals surface area contributed by atoms with Gasteiger partial charge in [-0.25, -0.2) is 9.59 Å². The van der Waals surface area contributed by atoms with Crippen LogP contribution in [0.3, 0.4) is 0 Å². The molecule has 3 aromatic carbocycles. The van der Waals surface area contributed by atoms with E-state index in [0.29, 0.717) is 23.4 Å². The Morgan fingerprint density at radius 3 is 2.11 bits per heavy atom. The van der Waals surface area contributed by atoms with E-state index < -0.39 is 11.7 Å². The van der Waals surface area contributed by atoms with E-state index in [1.54, 1.807) is 57.2 Å². The number of aryl methyl sites for hydroxylation is 2. The third kappa shape index (κ3) is 10.1. The summed E-state index contributed by atoms with van der Waals surface area (Å²) < 4.78 is 5.36. The fourth-order valence-corrected chi connectivity index (χ4v) is 5.88. The molecular weight excluding hydrogens is 566 g/mol. The fourth-order valence-electron chi connectivity index (χ4n) is 5.88. The summed E-state index contributed by atoms with van der Waals surface area (Å²) in [5, 5.41) is 11.8. The third-order valence-electron chi connectivity index (χ3n) is 7.55. The standard InChI is InChI=1S/C36H47N5O4/c1-35(2,3)45-34(44)40-30-14-9-8-13-29(30)38-32(42)26-17-15-25(16-18-26)31(22-36(4,5)23-41(6)7)39-33(43)37-28-20-19-24-11-10-12-27(24)21-28/h8-9,13-21,31H,10-12,22-23H2,1-7H3,(H,38,42)(H,40,44)(H2,37,39,43). The molecule has 4 rings (SSSR count). The van der Waals surface area contributed by atoms with Crippen LogP contribution in [0.4, 0.5) is 26.7 Å². The second-order valence-electron chi connectivity index (χ2n) is 13.8. The van der Waals surface area contributed by atoms with Crippen LogP contribution in [0.2, 0.25) is 0 Å². The van der Waals surface area contributed by atoms with Crippen molar-refractivity contribution >= 4 is 35.1 Å². The van der Waals surface area contributed by atoms with Crippen molar-refractivity contribution < 1.29 is 19.1 Å². The Morgan fingerprint density at radius 2 is 1.47 bits per heavy atom. The average molecular weight is 614 g/mol. The van der Waals surface area contributed by atoms with E-state index in [0.717, 1.165) is 37.1 Å². The highest BCUT2D eigenvalue weighted by Gasteiger charge is 2.27. The van der Waals surface area contributed by atoms with Gasteiger partial charge in [0.25, 0.3) is 5.91 Å². The summed E-state index contributed by atoms with van der Waals surface area (Å²) in [6.07, 6.45) is 3.37. The van der Waals surface area contributed by atoms with Gasteiger partial charge in [0.1, 0.15) is 5.60 Å². The normalized spacial score (nSPS) is 13.5. The zero-order chi connectivity index (χ0) is 32.8. The number of carbonyl (C=O) groups is 3. The van der Waals surface area contributed by atoms with E-state index in [2.05, 4.69) is 52.1 Å². The number of urea groups is 1. The van der Waals surface area contributed by atoms with Crippen LogP contribution in [0, 0.1) is 5.41 Å². The average Bonchev–Trinajstić information content (AvgIpc) is 3.40. The lowest BCUT2D eigenvalue weighted by molar-refractivity contribution is 0.0635. The number of nitrogens with zero attached hydrogens (tertiary/aromatic N) is 1. The molecule has 240 valence electrons. The van der Waals surface area contributed by atoms with Gasteiger partial charge in [0, 0.05) is 17.8 Å². The molecule has 1 aliphatic rings. The highest BCUT2D eigenvalue weighted by atomic mass is 16.6. The number of fused-ring (bicyclic) bond motifs is 1. The SMILES string of the molecule is CN(C)CC(C)(C)CC(NC(=O)Nc1ccc2c(c1)CCC2)c1ccc(C(=O)Nc2ccccc2NC(=O)OC(C)(C)C)cc1. The van der Waals surface area contributed by atoms with Crippen molar-refractivity contribution in [3.8, 4) is 0 Å². The minimum absolute atomic E-state index is 0.101. The number of hydrogen-bond donors (Lipinski definition) is 4. The molecule has 1 unspecified atom stereocenters. The molecule has 0 aromatic heterocycles. The van der Waals surface area contributed by atoms with Crippen LogP contribution in [-0.2, 0) is 17.6 Å². The summed E-state index contributed by atoms with van der Waals surface area (Å²) in [5.74, 6) is -0.327. The lowest BCUT2D eigenvalue weighted by Gasteiger charge is -2.33. The smallest absolute Gasteiger partial charge is 0.412 e. The Bertz CT molecular complexity index is 1510. The number of ether oxygens (including phenoxy) is 1. The molecule has 0 saturated heterocycles. The van der Waals surface area contributed by atoms with Crippen LogP contribution in [-0.4, -0.2) is 49.2 Å². The minimum atomic E-state index is -0.652. The number of rotatable bonds is 10. The summed E-state index contributed by atoms with van der Waals surface area (Å²) >= 11 is 0. The van der Waals surface area contributed by atoms with Crippen LogP contribution >= 0.6 is 0 Å². The first-order valence-electron chi connectivity index (χ1n) is 15.5. The number of amides is 4. The first-order chi connectivity index (χ1) is 21.2. The highest BCUT2D eigenvalue weighted by Crippen LogP contribution is 2.32. The zero-order valence-electron chi connectivity index (χ0n) is 27.5. The predicted molar refractivity (Wildman–Crippen MR) is 181 cm³/mol. The Kier molecular flexibility index (Phi) is 10.5. The van der Waals surface area contributed by atoms with E-state index in [1.807, 2.05) is 32.3 Å². The van der Waals surface area contributed by atoms with Crippen LogP contribution in [0.5, 0.6) is 0 Å². The maximum atomic E-state index is 13.2. The van der Waals surface area contributed by atoms with Crippen LogP contribution in [0.25, 0.3) is 0 Å². The molecule has 0 radical (unpaired) electrons. The fraction of sp³-hybridized carbons (Fsp3) is 0.417. The molecule has 0 spiro atoms. The number of hydrogen-bond acceptors (Lipinski definition) is 5. The van der Waals surface area contributed by atoms with Gasteiger partial charge in [-0.3, -0.25) is 10.1 Å². The molecule has 1 atom stereocenters. The van der Waals surface area contributed by atoms with Crippen molar-refractivity contribution in [3.63, 3.8) is 0 Å². The van der Waals surface area contributed by atoms with Gasteiger partial charge in [-0.05, 0) is 119 Å². The van der Waals surface area contributed by atoms with E-state index >= 15 is 0 Å². The van der Waals surface area contributed by atoms with Gasteiger partial charge in [-0.1, -0.05) is 44.2 Å². The Balaban J connectivity index is 1.48. The first-order valence-corrected chi connectivity index (χ1v) is 15.5. The van der Waals surface area contributed by atoms with Gasteiger partial charge in [-0.15, -0.1) is 0 Å². The second-order valence-corrected chi connectivity index (χ2v) is 13.8. The summed E-state index contributed by atoms with van der Waals surface area (Å²) in [7, 11) is 4.08. The molecule has 3 aromatic rings. The zero-order valence-corrected chi connectivity index (χ0v) is 27.5. The van der Waals surface area contributed by atoms with E-state index in [9.17, 15) is 14.4 Å². The van der Waals surface area contributed by atoms with Crippen molar-refractivity contribution in [2.75, 3.05) is 36.6 Å².